The predicted molar refractivity (Wildman–Crippen MR) is 134 cm³/mol. The number of nitrogens with zero attached hydrogens (tertiary/aromatic N) is 1. The molecule has 3 atom stereocenters. The van der Waals surface area contributed by atoms with Gasteiger partial charge in [0, 0.05) is 47.7 Å². The number of rotatable bonds is 9. The van der Waals surface area contributed by atoms with Gasteiger partial charge in [-0.05, 0) is 61.6 Å². The van der Waals surface area contributed by atoms with Crippen molar-refractivity contribution >= 4 is 40.7 Å². The number of nitrogens with two attached hydrogens (primary N) is 1. The van der Waals surface area contributed by atoms with Crippen molar-refractivity contribution in [3.05, 3.63) is 58.1 Å². The normalized spacial score (nSPS) is 21.8. The minimum atomic E-state index is -0.236. The standard InChI is InChI=1S/C25H30Cl2N4O3/c26-17-3-1-16(2-4-17)14-31-20-6-7-21(31)13-19(12-20)29-25(33)15-34-23-8-5-18(27)11-22(23)30-24(32)9-10-28/h1-5,8,11,19-21H,6-7,9-10,12-15,28H2,(H,29,33)(H,30,32)/t19?,20-,21+. The van der Waals surface area contributed by atoms with Gasteiger partial charge in [0.05, 0.1) is 5.69 Å². The van der Waals surface area contributed by atoms with Crippen LogP contribution >= 0.6 is 23.2 Å². The Balaban J connectivity index is 1.29. The molecule has 2 aromatic carbocycles. The van der Waals surface area contributed by atoms with Crippen molar-refractivity contribution in [2.24, 2.45) is 5.73 Å². The van der Waals surface area contributed by atoms with Crippen LogP contribution in [0.4, 0.5) is 5.69 Å². The summed E-state index contributed by atoms with van der Waals surface area (Å²) in [6.45, 7) is 1.01. The summed E-state index contributed by atoms with van der Waals surface area (Å²) < 4.78 is 5.72. The number of carbonyl (C=O) groups excluding carboxylic acids is 2. The first-order valence-electron chi connectivity index (χ1n) is 11.6. The molecule has 34 heavy (non-hydrogen) atoms. The second kappa shape index (κ2) is 11.4. The van der Waals surface area contributed by atoms with Gasteiger partial charge in [0.25, 0.3) is 5.91 Å². The van der Waals surface area contributed by atoms with Gasteiger partial charge in [0.15, 0.2) is 6.61 Å². The van der Waals surface area contributed by atoms with E-state index in [1.807, 2.05) is 12.1 Å². The number of piperidine rings is 1. The Morgan fingerprint density at radius 1 is 1.00 bits per heavy atom. The number of anilines is 1. The molecule has 2 amide bonds. The minimum absolute atomic E-state index is 0.129. The molecule has 0 saturated carbocycles. The fourth-order valence-corrected chi connectivity index (χ4v) is 5.23. The third kappa shape index (κ3) is 6.42. The fourth-order valence-electron chi connectivity index (χ4n) is 4.93. The summed E-state index contributed by atoms with van der Waals surface area (Å²) in [5.41, 5.74) is 7.12. The topological polar surface area (TPSA) is 96.7 Å². The first kappa shape index (κ1) is 24.8. The van der Waals surface area contributed by atoms with Gasteiger partial charge in [-0.25, -0.2) is 0 Å². The van der Waals surface area contributed by atoms with Crippen LogP contribution in [0.1, 0.15) is 37.7 Å². The lowest BCUT2D eigenvalue weighted by molar-refractivity contribution is -0.124. The van der Waals surface area contributed by atoms with E-state index in [-0.39, 0.29) is 37.4 Å². The highest BCUT2D eigenvalue weighted by Crippen LogP contribution is 2.37. The maximum Gasteiger partial charge on any atom is 0.258 e. The maximum absolute atomic E-state index is 12.6. The largest absolute Gasteiger partial charge is 0.482 e. The maximum atomic E-state index is 12.6. The number of carbonyl (C=O) groups is 2. The van der Waals surface area contributed by atoms with Crippen molar-refractivity contribution in [1.29, 1.82) is 0 Å². The van der Waals surface area contributed by atoms with Gasteiger partial charge in [-0.2, -0.15) is 0 Å². The number of benzene rings is 2. The molecule has 4 N–H and O–H groups in total. The van der Waals surface area contributed by atoms with Crippen LogP contribution in [0.3, 0.4) is 0 Å². The van der Waals surface area contributed by atoms with Crippen LogP contribution in [0.5, 0.6) is 5.75 Å². The van der Waals surface area contributed by atoms with Gasteiger partial charge < -0.3 is 21.1 Å². The molecule has 182 valence electrons. The van der Waals surface area contributed by atoms with Crippen LogP contribution < -0.4 is 21.1 Å². The minimum Gasteiger partial charge on any atom is -0.482 e. The van der Waals surface area contributed by atoms with E-state index in [4.69, 9.17) is 33.7 Å². The second-order valence-electron chi connectivity index (χ2n) is 8.94. The van der Waals surface area contributed by atoms with E-state index in [0.29, 0.717) is 28.5 Å². The van der Waals surface area contributed by atoms with Crippen molar-refractivity contribution in [2.75, 3.05) is 18.5 Å². The molecule has 2 heterocycles. The molecule has 4 rings (SSSR count). The summed E-state index contributed by atoms with van der Waals surface area (Å²) in [6, 6.07) is 14.0. The molecule has 2 aromatic rings. The van der Waals surface area contributed by atoms with E-state index in [1.165, 1.54) is 5.56 Å². The Hall–Kier alpha value is -2.32. The third-order valence-electron chi connectivity index (χ3n) is 6.47. The monoisotopic (exact) mass is 504 g/mol. The fraction of sp³-hybridized carbons (Fsp3) is 0.440. The van der Waals surface area contributed by atoms with Crippen LogP contribution in [0.15, 0.2) is 42.5 Å². The highest BCUT2D eigenvalue weighted by Gasteiger charge is 2.40. The molecule has 0 aromatic heterocycles. The molecule has 2 bridgehead atoms. The number of nitrogens with one attached hydrogen (secondary N) is 2. The Bertz CT molecular complexity index is 1000. The third-order valence-corrected chi connectivity index (χ3v) is 6.96. The number of amides is 2. The highest BCUT2D eigenvalue weighted by atomic mass is 35.5. The molecule has 7 nitrogen and oxygen atoms in total. The summed E-state index contributed by atoms with van der Waals surface area (Å²) >= 11 is 12.1. The van der Waals surface area contributed by atoms with E-state index in [0.717, 1.165) is 37.3 Å². The number of hydrogen-bond donors (Lipinski definition) is 3. The summed E-state index contributed by atoms with van der Waals surface area (Å²) in [5, 5.41) is 7.08. The molecular weight excluding hydrogens is 475 g/mol. The van der Waals surface area contributed by atoms with Crippen molar-refractivity contribution in [3.8, 4) is 5.75 Å². The Morgan fingerprint density at radius 3 is 2.35 bits per heavy atom. The quantitative estimate of drug-likeness (QED) is 0.479. The molecule has 1 unspecified atom stereocenters. The number of fused-ring (bicyclic) bond motifs is 2. The second-order valence-corrected chi connectivity index (χ2v) is 9.81. The molecule has 2 aliphatic rings. The lowest BCUT2D eigenvalue weighted by Crippen LogP contribution is -2.50. The molecule has 2 saturated heterocycles. The molecule has 0 radical (unpaired) electrons. The first-order valence-corrected chi connectivity index (χ1v) is 12.4. The van der Waals surface area contributed by atoms with Crippen LogP contribution in [0.25, 0.3) is 0 Å². The van der Waals surface area contributed by atoms with Gasteiger partial charge in [-0.3, -0.25) is 14.5 Å². The predicted octanol–water partition coefficient (Wildman–Crippen LogP) is 3.97. The lowest BCUT2D eigenvalue weighted by atomic mass is 9.96. The van der Waals surface area contributed by atoms with Crippen molar-refractivity contribution < 1.29 is 14.3 Å². The molecule has 0 aliphatic carbocycles. The van der Waals surface area contributed by atoms with Crippen LogP contribution in [0.2, 0.25) is 10.0 Å². The number of hydrogen-bond acceptors (Lipinski definition) is 5. The van der Waals surface area contributed by atoms with Gasteiger partial charge in [-0.15, -0.1) is 0 Å². The van der Waals surface area contributed by atoms with E-state index in [2.05, 4.69) is 27.7 Å². The van der Waals surface area contributed by atoms with Crippen molar-refractivity contribution in [1.82, 2.24) is 10.2 Å². The van der Waals surface area contributed by atoms with E-state index >= 15 is 0 Å². The number of halogens is 2. The summed E-state index contributed by atoms with van der Waals surface area (Å²) in [7, 11) is 0. The van der Waals surface area contributed by atoms with Crippen LogP contribution in [-0.2, 0) is 16.1 Å². The van der Waals surface area contributed by atoms with E-state index in [1.54, 1.807) is 18.2 Å². The SMILES string of the molecule is NCCC(=O)Nc1cc(Cl)ccc1OCC(=O)NC1C[C@H]2CC[C@@H](C1)N2Cc1ccc(Cl)cc1. The van der Waals surface area contributed by atoms with Crippen LogP contribution in [0, 0.1) is 0 Å². The zero-order valence-corrected chi connectivity index (χ0v) is 20.4. The van der Waals surface area contributed by atoms with Crippen LogP contribution in [-0.4, -0.2) is 48.0 Å². The Morgan fingerprint density at radius 2 is 1.68 bits per heavy atom. The average molecular weight is 505 g/mol. The number of ether oxygens (including phenoxy) is 1. The molecule has 9 heteroatoms. The smallest absolute Gasteiger partial charge is 0.258 e. The Kier molecular flexibility index (Phi) is 8.32. The van der Waals surface area contributed by atoms with E-state index < -0.39 is 0 Å². The highest BCUT2D eigenvalue weighted by molar-refractivity contribution is 6.31. The van der Waals surface area contributed by atoms with Gasteiger partial charge in [-0.1, -0.05) is 35.3 Å². The molecule has 0 spiro atoms. The molecule has 2 aliphatic heterocycles. The average Bonchev–Trinajstić information content (AvgIpc) is 3.02. The molecular formula is C25H30Cl2N4O3. The zero-order chi connectivity index (χ0) is 24.1. The van der Waals surface area contributed by atoms with Gasteiger partial charge in [0.2, 0.25) is 5.91 Å². The van der Waals surface area contributed by atoms with Gasteiger partial charge in [0.1, 0.15) is 5.75 Å². The first-order chi connectivity index (χ1) is 16.4. The van der Waals surface area contributed by atoms with Crippen molar-refractivity contribution in [2.45, 2.75) is 56.8 Å². The Labute approximate surface area is 209 Å². The van der Waals surface area contributed by atoms with E-state index in [9.17, 15) is 9.59 Å². The van der Waals surface area contributed by atoms with Gasteiger partial charge >= 0.3 is 0 Å². The summed E-state index contributed by atoms with van der Waals surface area (Å²) in [5.74, 6) is -0.0209. The molecule has 2 fully saturated rings. The van der Waals surface area contributed by atoms with Crippen molar-refractivity contribution in [3.63, 3.8) is 0 Å². The summed E-state index contributed by atoms with van der Waals surface area (Å²) in [4.78, 5) is 27.1. The lowest BCUT2D eigenvalue weighted by Gasteiger charge is -2.39. The zero-order valence-electron chi connectivity index (χ0n) is 18.9. The summed E-state index contributed by atoms with van der Waals surface area (Å²) in [6.07, 6.45) is 4.34.